The molecule has 0 radical (unpaired) electrons. The number of carbonyl (C=O) groups is 1. The zero-order chi connectivity index (χ0) is 17.2. The number of nitrogens with zero attached hydrogens (tertiary/aromatic N) is 4. The Bertz CT molecular complexity index is 818. The monoisotopic (exact) mass is 340 g/mol. The highest BCUT2D eigenvalue weighted by Crippen LogP contribution is 2.24. The molecule has 6 heteroatoms. The van der Waals surface area contributed by atoms with Crippen molar-refractivity contribution in [3.63, 3.8) is 0 Å². The maximum Gasteiger partial charge on any atom is 0.269 e. The average molecular weight is 340 g/mol. The number of fused-ring (bicyclic) bond motifs is 1. The Kier molecular flexibility index (Phi) is 4.53. The van der Waals surface area contributed by atoms with Gasteiger partial charge in [-0.25, -0.2) is 4.98 Å². The average Bonchev–Trinajstić information content (AvgIpc) is 3.19. The van der Waals surface area contributed by atoms with Crippen LogP contribution < -0.4 is 5.56 Å². The highest BCUT2D eigenvalue weighted by atomic mass is 16.2. The van der Waals surface area contributed by atoms with Gasteiger partial charge in [0.1, 0.15) is 6.54 Å². The third-order valence-corrected chi connectivity index (χ3v) is 5.55. The second kappa shape index (κ2) is 6.96. The molecule has 2 heterocycles. The molecule has 25 heavy (non-hydrogen) atoms. The summed E-state index contributed by atoms with van der Waals surface area (Å²) in [5.74, 6) is 0.0181. The molecule has 1 aromatic carbocycles. The number of rotatable bonds is 3. The summed E-state index contributed by atoms with van der Waals surface area (Å²) in [6, 6.07) is 8.16. The van der Waals surface area contributed by atoms with Crippen molar-refractivity contribution in [1.82, 2.24) is 19.4 Å². The zero-order valence-electron chi connectivity index (χ0n) is 14.4. The fraction of sp³-hybridized carbons (Fsp3) is 0.526. The Morgan fingerprint density at radius 3 is 2.56 bits per heavy atom. The molecule has 1 saturated heterocycles. The van der Waals surface area contributed by atoms with Crippen LogP contribution in [-0.2, 0) is 11.3 Å². The molecule has 6 nitrogen and oxygen atoms in total. The van der Waals surface area contributed by atoms with Gasteiger partial charge in [0.15, 0.2) is 0 Å². The Morgan fingerprint density at radius 2 is 1.80 bits per heavy atom. The quantitative estimate of drug-likeness (QED) is 0.849. The van der Waals surface area contributed by atoms with Crippen molar-refractivity contribution in [2.75, 3.05) is 26.2 Å². The minimum absolute atomic E-state index is 0.0181. The van der Waals surface area contributed by atoms with Crippen molar-refractivity contribution in [1.29, 1.82) is 0 Å². The summed E-state index contributed by atoms with van der Waals surface area (Å²) in [5.41, 5.74) is 1.23. The smallest absolute Gasteiger partial charge is 0.269 e. The van der Waals surface area contributed by atoms with Crippen LogP contribution in [0.15, 0.2) is 35.3 Å². The third kappa shape index (κ3) is 3.31. The maximum absolute atomic E-state index is 12.7. The Labute approximate surface area is 147 Å². The van der Waals surface area contributed by atoms with Crippen LogP contribution in [0.25, 0.3) is 11.0 Å². The summed E-state index contributed by atoms with van der Waals surface area (Å²) >= 11 is 0. The van der Waals surface area contributed by atoms with E-state index >= 15 is 0 Å². The summed E-state index contributed by atoms with van der Waals surface area (Å²) in [5, 5.41) is 0. The van der Waals surface area contributed by atoms with E-state index in [9.17, 15) is 9.59 Å². The predicted molar refractivity (Wildman–Crippen MR) is 96.4 cm³/mol. The van der Waals surface area contributed by atoms with E-state index in [4.69, 9.17) is 0 Å². The fourth-order valence-electron chi connectivity index (χ4n) is 4.12. The zero-order valence-corrected chi connectivity index (χ0v) is 14.4. The SMILES string of the molecule is O=C(Cn1c(=O)cnc2ccccc21)N1CCN(C2CCCC2)CC1. The van der Waals surface area contributed by atoms with E-state index in [-0.39, 0.29) is 18.0 Å². The van der Waals surface area contributed by atoms with Crippen molar-refractivity contribution in [2.24, 2.45) is 0 Å². The first kappa shape index (κ1) is 16.3. The number of para-hydroxylation sites is 2. The number of amides is 1. The minimum atomic E-state index is -0.225. The lowest BCUT2D eigenvalue weighted by molar-refractivity contribution is -0.133. The molecule has 4 rings (SSSR count). The molecule has 0 atom stereocenters. The number of benzene rings is 1. The van der Waals surface area contributed by atoms with Gasteiger partial charge in [0.25, 0.3) is 5.56 Å². The molecule has 0 N–H and O–H groups in total. The highest BCUT2D eigenvalue weighted by Gasteiger charge is 2.28. The van der Waals surface area contributed by atoms with Gasteiger partial charge in [-0.2, -0.15) is 0 Å². The number of piperazine rings is 1. The molecule has 0 spiro atoms. The van der Waals surface area contributed by atoms with Crippen LogP contribution >= 0.6 is 0 Å². The van der Waals surface area contributed by atoms with E-state index in [1.807, 2.05) is 29.2 Å². The van der Waals surface area contributed by atoms with Crippen molar-refractivity contribution in [3.05, 3.63) is 40.8 Å². The van der Waals surface area contributed by atoms with Crippen molar-refractivity contribution < 1.29 is 4.79 Å². The van der Waals surface area contributed by atoms with Gasteiger partial charge in [-0.05, 0) is 25.0 Å². The lowest BCUT2D eigenvalue weighted by Crippen LogP contribution is -2.52. The molecule has 0 bridgehead atoms. The van der Waals surface area contributed by atoms with E-state index in [1.165, 1.54) is 36.4 Å². The van der Waals surface area contributed by atoms with Gasteiger partial charge < -0.3 is 4.90 Å². The summed E-state index contributed by atoms with van der Waals surface area (Å²) in [4.78, 5) is 33.5. The standard InChI is InChI=1S/C19H24N4O2/c24-18-13-20-16-7-3-4-8-17(16)23(18)14-19(25)22-11-9-21(10-12-22)15-5-1-2-6-15/h3-4,7-8,13,15H,1-2,5-6,9-12,14H2. The molecule has 0 unspecified atom stereocenters. The summed E-state index contributed by atoms with van der Waals surface area (Å²) in [7, 11) is 0. The topological polar surface area (TPSA) is 58.4 Å². The molecule has 1 saturated carbocycles. The second-order valence-electron chi connectivity index (χ2n) is 7.03. The number of aromatic nitrogens is 2. The normalized spacial score (nSPS) is 19.6. The van der Waals surface area contributed by atoms with Gasteiger partial charge in [0.05, 0.1) is 17.2 Å². The van der Waals surface area contributed by atoms with E-state index in [1.54, 1.807) is 0 Å². The Hall–Kier alpha value is -2.21. The first-order valence-electron chi connectivity index (χ1n) is 9.19. The number of hydrogen-bond donors (Lipinski definition) is 0. The third-order valence-electron chi connectivity index (χ3n) is 5.55. The van der Waals surface area contributed by atoms with Crippen LogP contribution in [0.5, 0.6) is 0 Å². The first-order chi connectivity index (χ1) is 12.2. The fourth-order valence-corrected chi connectivity index (χ4v) is 4.12. The van der Waals surface area contributed by atoms with Crippen molar-refractivity contribution in [3.8, 4) is 0 Å². The van der Waals surface area contributed by atoms with Crippen LogP contribution in [0, 0.1) is 0 Å². The predicted octanol–water partition coefficient (Wildman–Crippen LogP) is 1.48. The Balaban J connectivity index is 1.45. The molecule has 132 valence electrons. The summed E-state index contributed by atoms with van der Waals surface area (Å²) in [6.45, 7) is 3.50. The summed E-state index contributed by atoms with van der Waals surface area (Å²) in [6.07, 6.45) is 6.57. The minimum Gasteiger partial charge on any atom is -0.339 e. The largest absolute Gasteiger partial charge is 0.339 e. The summed E-state index contributed by atoms with van der Waals surface area (Å²) < 4.78 is 1.54. The van der Waals surface area contributed by atoms with Gasteiger partial charge in [-0.3, -0.25) is 19.1 Å². The lowest BCUT2D eigenvalue weighted by Gasteiger charge is -2.38. The van der Waals surface area contributed by atoms with Gasteiger partial charge in [-0.15, -0.1) is 0 Å². The van der Waals surface area contributed by atoms with E-state index in [2.05, 4.69) is 9.88 Å². The van der Waals surface area contributed by atoms with Crippen LogP contribution in [0.2, 0.25) is 0 Å². The van der Waals surface area contributed by atoms with Gasteiger partial charge in [0, 0.05) is 32.2 Å². The highest BCUT2D eigenvalue weighted by molar-refractivity contribution is 5.80. The van der Waals surface area contributed by atoms with Crippen molar-refractivity contribution >= 4 is 16.9 Å². The lowest BCUT2D eigenvalue weighted by atomic mass is 10.2. The van der Waals surface area contributed by atoms with Crippen LogP contribution in [0.3, 0.4) is 0 Å². The molecule has 1 aliphatic carbocycles. The van der Waals surface area contributed by atoms with Crippen molar-refractivity contribution in [2.45, 2.75) is 38.3 Å². The second-order valence-corrected chi connectivity index (χ2v) is 7.03. The van der Waals surface area contributed by atoms with Gasteiger partial charge >= 0.3 is 0 Å². The van der Waals surface area contributed by atoms with E-state index in [0.29, 0.717) is 11.6 Å². The molecule has 2 aliphatic rings. The molecule has 2 aromatic rings. The molecular weight excluding hydrogens is 316 g/mol. The maximum atomic E-state index is 12.7. The Morgan fingerprint density at radius 1 is 1.08 bits per heavy atom. The molecular formula is C19H24N4O2. The molecule has 1 aliphatic heterocycles. The molecule has 1 amide bonds. The number of hydrogen-bond acceptors (Lipinski definition) is 4. The van der Waals surface area contributed by atoms with Crippen LogP contribution in [-0.4, -0.2) is 57.5 Å². The van der Waals surface area contributed by atoms with Crippen LogP contribution in [0.4, 0.5) is 0 Å². The van der Waals surface area contributed by atoms with E-state index in [0.717, 1.165) is 31.7 Å². The number of carbonyl (C=O) groups excluding carboxylic acids is 1. The molecule has 2 fully saturated rings. The molecule has 1 aromatic heterocycles. The van der Waals surface area contributed by atoms with Gasteiger partial charge in [0.2, 0.25) is 5.91 Å². The van der Waals surface area contributed by atoms with Gasteiger partial charge in [-0.1, -0.05) is 25.0 Å². The van der Waals surface area contributed by atoms with Crippen LogP contribution in [0.1, 0.15) is 25.7 Å². The van der Waals surface area contributed by atoms with E-state index < -0.39 is 0 Å². The first-order valence-corrected chi connectivity index (χ1v) is 9.19.